The molecule has 0 spiro atoms. The highest BCUT2D eigenvalue weighted by atomic mass is 35.5. The van der Waals surface area contributed by atoms with Gasteiger partial charge in [-0.3, -0.25) is 0 Å². The lowest BCUT2D eigenvalue weighted by Gasteiger charge is -2.14. The van der Waals surface area contributed by atoms with E-state index in [9.17, 15) is 0 Å². The molecule has 4 aromatic rings. The summed E-state index contributed by atoms with van der Waals surface area (Å²) in [7, 11) is 0. The minimum absolute atomic E-state index is 0.455. The van der Waals surface area contributed by atoms with Gasteiger partial charge in [-0.1, -0.05) is 77.8 Å². The first-order valence-corrected chi connectivity index (χ1v) is 10.3. The van der Waals surface area contributed by atoms with Gasteiger partial charge >= 0.3 is 0 Å². The van der Waals surface area contributed by atoms with Crippen LogP contribution < -0.4 is 4.74 Å². The molecule has 0 radical (unpaired) electrons. The molecule has 4 nitrogen and oxygen atoms in total. The molecule has 0 fully saturated rings. The van der Waals surface area contributed by atoms with Gasteiger partial charge in [0, 0.05) is 10.6 Å². The first-order chi connectivity index (χ1) is 14.7. The van der Waals surface area contributed by atoms with Crippen molar-refractivity contribution in [1.29, 1.82) is 0 Å². The predicted molar refractivity (Wildman–Crippen MR) is 120 cm³/mol. The van der Waals surface area contributed by atoms with Crippen molar-refractivity contribution in [3.05, 3.63) is 106 Å². The normalized spacial score (nSPS) is 10.7. The minimum atomic E-state index is 0.455. The Morgan fingerprint density at radius 2 is 1.60 bits per heavy atom. The van der Waals surface area contributed by atoms with Crippen LogP contribution in [0.2, 0.25) is 10.0 Å². The number of ether oxygens (including phenoxy) is 1. The second-order valence-corrected chi connectivity index (χ2v) is 7.70. The standard InChI is InChI=1S/C24H19Cl2N3O/c25-21-14-20(24(22(26)15-21)30-16-18-4-2-1-3-5-18)11-8-17-6-9-19(10-7-17)23-12-13-27-29-28-23/h1-7,9-10,12-15H,8,11,16H2. The third kappa shape index (κ3) is 5.15. The molecule has 1 heterocycles. The zero-order chi connectivity index (χ0) is 20.8. The lowest BCUT2D eigenvalue weighted by molar-refractivity contribution is 0.303. The van der Waals surface area contributed by atoms with E-state index in [1.807, 2.05) is 54.6 Å². The topological polar surface area (TPSA) is 47.9 Å². The summed E-state index contributed by atoms with van der Waals surface area (Å²) in [6.07, 6.45) is 3.23. The van der Waals surface area contributed by atoms with Crippen LogP contribution in [0.15, 0.2) is 79.0 Å². The monoisotopic (exact) mass is 435 g/mol. The van der Waals surface area contributed by atoms with Crippen LogP contribution in [0.4, 0.5) is 0 Å². The van der Waals surface area contributed by atoms with Gasteiger partial charge in [0.2, 0.25) is 0 Å². The van der Waals surface area contributed by atoms with Crippen LogP contribution in [-0.2, 0) is 19.4 Å². The number of benzene rings is 3. The fraction of sp³-hybridized carbons (Fsp3) is 0.125. The summed E-state index contributed by atoms with van der Waals surface area (Å²) < 4.78 is 6.06. The van der Waals surface area contributed by atoms with Crippen LogP contribution in [0.5, 0.6) is 5.75 Å². The van der Waals surface area contributed by atoms with Crippen LogP contribution >= 0.6 is 23.2 Å². The fourth-order valence-corrected chi connectivity index (χ4v) is 3.80. The lowest BCUT2D eigenvalue weighted by atomic mass is 10.0. The van der Waals surface area contributed by atoms with Gasteiger partial charge in [-0.15, -0.1) is 10.2 Å². The summed E-state index contributed by atoms with van der Waals surface area (Å²) in [5, 5.41) is 12.6. The van der Waals surface area contributed by atoms with Crippen LogP contribution in [0, 0.1) is 0 Å². The van der Waals surface area contributed by atoms with Crippen LogP contribution in [0.25, 0.3) is 11.3 Å². The molecular formula is C24H19Cl2N3O. The van der Waals surface area contributed by atoms with Crippen molar-refractivity contribution in [2.75, 3.05) is 0 Å². The summed E-state index contributed by atoms with van der Waals surface area (Å²) in [4.78, 5) is 0. The Hall–Kier alpha value is -2.95. The number of hydrogen-bond donors (Lipinski definition) is 0. The Balaban J connectivity index is 1.47. The van der Waals surface area contributed by atoms with E-state index in [1.54, 1.807) is 12.3 Å². The van der Waals surface area contributed by atoms with E-state index in [-0.39, 0.29) is 0 Å². The van der Waals surface area contributed by atoms with Gasteiger partial charge in [-0.25, -0.2) is 0 Å². The van der Waals surface area contributed by atoms with E-state index < -0.39 is 0 Å². The molecule has 6 heteroatoms. The van der Waals surface area contributed by atoms with Gasteiger partial charge in [-0.05, 0) is 52.9 Å². The lowest BCUT2D eigenvalue weighted by Crippen LogP contribution is -2.01. The number of aryl methyl sites for hydroxylation is 2. The van der Waals surface area contributed by atoms with Crippen molar-refractivity contribution in [3.63, 3.8) is 0 Å². The maximum atomic E-state index is 6.44. The third-order valence-corrected chi connectivity index (χ3v) is 5.25. The van der Waals surface area contributed by atoms with Crippen molar-refractivity contribution in [2.45, 2.75) is 19.4 Å². The van der Waals surface area contributed by atoms with Gasteiger partial charge in [0.05, 0.1) is 16.9 Å². The van der Waals surface area contributed by atoms with Crippen molar-refractivity contribution >= 4 is 23.2 Å². The smallest absolute Gasteiger partial charge is 0.141 e. The van der Waals surface area contributed by atoms with Crippen molar-refractivity contribution < 1.29 is 4.74 Å². The van der Waals surface area contributed by atoms with Gasteiger partial charge in [0.25, 0.3) is 0 Å². The summed E-state index contributed by atoms with van der Waals surface area (Å²) in [6.45, 7) is 0.455. The molecule has 0 aliphatic heterocycles. The molecule has 1 aromatic heterocycles. The quantitative estimate of drug-likeness (QED) is 0.346. The predicted octanol–water partition coefficient (Wildman–Crippen LogP) is 6.21. The molecule has 0 aliphatic carbocycles. The highest BCUT2D eigenvalue weighted by Gasteiger charge is 2.12. The summed E-state index contributed by atoms with van der Waals surface area (Å²) in [5.41, 5.74) is 5.09. The van der Waals surface area contributed by atoms with Crippen molar-refractivity contribution in [3.8, 4) is 17.0 Å². The largest absolute Gasteiger partial charge is 0.487 e. The van der Waals surface area contributed by atoms with Crippen molar-refractivity contribution in [1.82, 2.24) is 15.4 Å². The van der Waals surface area contributed by atoms with E-state index in [0.29, 0.717) is 22.4 Å². The molecule has 3 aromatic carbocycles. The molecule has 4 rings (SSSR count). The second kappa shape index (κ2) is 9.70. The number of halogens is 2. The molecule has 0 bridgehead atoms. The average molecular weight is 436 g/mol. The zero-order valence-corrected chi connectivity index (χ0v) is 17.6. The number of hydrogen-bond acceptors (Lipinski definition) is 4. The Kier molecular flexibility index (Phi) is 6.57. The Bertz CT molecular complexity index is 1100. The summed E-state index contributed by atoms with van der Waals surface area (Å²) in [5.74, 6) is 0.689. The van der Waals surface area contributed by atoms with Gasteiger partial charge in [0.1, 0.15) is 12.4 Å². The number of nitrogens with zero attached hydrogens (tertiary/aromatic N) is 3. The molecule has 0 amide bonds. The highest BCUT2D eigenvalue weighted by molar-refractivity contribution is 6.35. The molecule has 0 unspecified atom stereocenters. The first kappa shape index (κ1) is 20.3. The molecule has 30 heavy (non-hydrogen) atoms. The fourth-order valence-electron chi connectivity index (χ4n) is 3.21. The minimum Gasteiger partial charge on any atom is -0.487 e. The first-order valence-electron chi connectivity index (χ1n) is 9.57. The molecule has 0 aliphatic rings. The Labute approximate surface area is 185 Å². The maximum Gasteiger partial charge on any atom is 0.141 e. The molecule has 0 saturated heterocycles. The molecule has 0 atom stereocenters. The van der Waals surface area contributed by atoms with Gasteiger partial charge in [-0.2, -0.15) is 0 Å². The SMILES string of the molecule is Clc1cc(Cl)c(OCc2ccccc2)c(CCc2ccc(-c3ccnnn3)cc2)c1. The zero-order valence-electron chi connectivity index (χ0n) is 16.1. The summed E-state index contributed by atoms with van der Waals surface area (Å²) >= 11 is 12.7. The van der Waals surface area contributed by atoms with Crippen LogP contribution in [0.3, 0.4) is 0 Å². The summed E-state index contributed by atoms with van der Waals surface area (Å²) in [6, 6.07) is 23.8. The third-order valence-electron chi connectivity index (χ3n) is 4.75. The van der Waals surface area contributed by atoms with E-state index in [0.717, 1.165) is 35.2 Å². The Morgan fingerprint density at radius 3 is 2.33 bits per heavy atom. The average Bonchev–Trinajstić information content (AvgIpc) is 2.78. The molecular weight excluding hydrogens is 417 g/mol. The van der Waals surface area contributed by atoms with E-state index in [4.69, 9.17) is 27.9 Å². The van der Waals surface area contributed by atoms with E-state index in [1.165, 1.54) is 5.56 Å². The van der Waals surface area contributed by atoms with Gasteiger partial charge in [0.15, 0.2) is 0 Å². The number of aromatic nitrogens is 3. The van der Waals surface area contributed by atoms with Crippen LogP contribution in [-0.4, -0.2) is 15.4 Å². The van der Waals surface area contributed by atoms with Crippen LogP contribution in [0.1, 0.15) is 16.7 Å². The van der Waals surface area contributed by atoms with Crippen molar-refractivity contribution in [2.24, 2.45) is 0 Å². The molecule has 0 N–H and O–H groups in total. The highest BCUT2D eigenvalue weighted by Crippen LogP contribution is 2.34. The molecule has 150 valence electrons. The Morgan fingerprint density at radius 1 is 0.800 bits per heavy atom. The molecule has 0 saturated carbocycles. The van der Waals surface area contributed by atoms with E-state index >= 15 is 0 Å². The van der Waals surface area contributed by atoms with E-state index in [2.05, 4.69) is 27.5 Å². The number of rotatable bonds is 7. The maximum absolute atomic E-state index is 6.44. The second-order valence-electron chi connectivity index (χ2n) is 6.85. The van der Waals surface area contributed by atoms with Gasteiger partial charge < -0.3 is 4.74 Å².